The molecule has 0 aliphatic carbocycles. The summed E-state index contributed by atoms with van der Waals surface area (Å²) >= 11 is 0. The predicted molar refractivity (Wildman–Crippen MR) is 98.3 cm³/mol. The Bertz CT molecular complexity index is 880. The fourth-order valence-electron chi connectivity index (χ4n) is 3.84. The zero-order chi connectivity index (χ0) is 18.1. The molecule has 1 fully saturated rings. The van der Waals surface area contributed by atoms with Gasteiger partial charge in [-0.15, -0.1) is 0 Å². The van der Waals surface area contributed by atoms with Crippen LogP contribution in [0.15, 0.2) is 17.0 Å². The molecule has 4 heterocycles. The molecule has 1 unspecified atom stereocenters. The molecule has 9 nitrogen and oxygen atoms in total. The number of nitrogens with zero attached hydrogens (tertiary/aromatic N) is 5. The molecule has 138 valence electrons. The highest BCUT2D eigenvalue weighted by atomic mass is 16.6. The number of nitrogen functional groups attached to an aromatic ring is 1. The van der Waals surface area contributed by atoms with Crippen LogP contribution in [0.1, 0.15) is 37.8 Å². The van der Waals surface area contributed by atoms with Gasteiger partial charge in [0.15, 0.2) is 17.3 Å². The van der Waals surface area contributed by atoms with Crippen molar-refractivity contribution in [3.63, 3.8) is 0 Å². The third-order valence-electron chi connectivity index (χ3n) is 5.28. The van der Waals surface area contributed by atoms with Gasteiger partial charge < -0.3 is 16.0 Å². The van der Waals surface area contributed by atoms with Crippen LogP contribution in [-0.4, -0.2) is 56.3 Å². The summed E-state index contributed by atoms with van der Waals surface area (Å²) in [5.74, 6) is 0.775. The summed E-state index contributed by atoms with van der Waals surface area (Å²) in [4.78, 5) is 14.9. The second-order valence-electron chi connectivity index (χ2n) is 6.73. The van der Waals surface area contributed by atoms with Crippen molar-refractivity contribution in [1.82, 2.24) is 35.5 Å². The molecule has 3 aromatic heterocycles. The van der Waals surface area contributed by atoms with Gasteiger partial charge in [0.25, 0.3) is 0 Å². The zero-order valence-corrected chi connectivity index (χ0v) is 15.1. The molecule has 0 amide bonds. The second kappa shape index (κ2) is 7.00. The topological polar surface area (TPSA) is 122 Å². The summed E-state index contributed by atoms with van der Waals surface area (Å²) in [5.41, 5.74) is 9.13. The molecule has 4 rings (SSSR count). The molecule has 1 aliphatic rings. The van der Waals surface area contributed by atoms with Gasteiger partial charge in [-0.1, -0.05) is 6.92 Å². The van der Waals surface area contributed by atoms with Crippen LogP contribution in [0.3, 0.4) is 0 Å². The van der Waals surface area contributed by atoms with Gasteiger partial charge in [0.05, 0.1) is 17.2 Å². The number of anilines is 1. The lowest BCUT2D eigenvalue weighted by Gasteiger charge is -2.37. The Morgan fingerprint density at radius 1 is 1.35 bits per heavy atom. The number of hydrogen-bond donors (Lipinski definition) is 3. The van der Waals surface area contributed by atoms with E-state index in [9.17, 15) is 0 Å². The average Bonchev–Trinajstić information content (AvgIpc) is 3.29. The fraction of sp³-hybridized carbons (Fsp3) is 0.529. The van der Waals surface area contributed by atoms with Crippen LogP contribution >= 0.6 is 0 Å². The highest BCUT2D eigenvalue weighted by Crippen LogP contribution is 2.32. The van der Waals surface area contributed by atoms with E-state index in [1.165, 1.54) is 0 Å². The first kappa shape index (κ1) is 16.9. The predicted octanol–water partition coefficient (Wildman–Crippen LogP) is 1.72. The Hall–Kier alpha value is -2.52. The lowest BCUT2D eigenvalue weighted by molar-refractivity contribution is 0.142. The minimum atomic E-state index is 0.222. The number of likely N-dealkylation sites (tertiary alicyclic amines) is 1. The SMILES string of the molecule is CCC(c1cncc2[nH]c(-c3nonc3N)nc12)N1CCC(NC)CC1. The van der Waals surface area contributed by atoms with Gasteiger partial charge in [0.1, 0.15) is 0 Å². The van der Waals surface area contributed by atoms with E-state index in [0.29, 0.717) is 17.6 Å². The van der Waals surface area contributed by atoms with Crippen molar-refractivity contribution >= 4 is 16.9 Å². The third kappa shape index (κ3) is 2.93. The maximum atomic E-state index is 5.80. The third-order valence-corrected chi connectivity index (χ3v) is 5.28. The monoisotopic (exact) mass is 356 g/mol. The Kier molecular flexibility index (Phi) is 4.56. The van der Waals surface area contributed by atoms with Crippen molar-refractivity contribution in [2.24, 2.45) is 0 Å². The molecule has 1 saturated heterocycles. The quantitative estimate of drug-likeness (QED) is 0.632. The summed E-state index contributed by atoms with van der Waals surface area (Å²) < 4.78 is 4.70. The van der Waals surface area contributed by atoms with Crippen LogP contribution in [0, 0.1) is 0 Å². The van der Waals surface area contributed by atoms with Gasteiger partial charge in [0, 0.05) is 36.9 Å². The smallest absolute Gasteiger partial charge is 0.199 e. The zero-order valence-electron chi connectivity index (χ0n) is 15.1. The first-order valence-electron chi connectivity index (χ1n) is 9.04. The molecular formula is C17H24N8O. The largest absolute Gasteiger partial charge is 0.379 e. The van der Waals surface area contributed by atoms with E-state index in [2.05, 4.69) is 37.4 Å². The van der Waals surface area contributed by atoms with E-state index in [1.54, 1.807) is 6.20 Å². The van der Waals surface area contributed by atoms with Crippen molar-refractivity contribution in [2.45, 2.75) is 38.3 Å². The molecule has 9 heteroatoms. The first-order valence-corrected chi connectivity index (χ1v) is 9.04. The summed E-state index contributed by atoms with van der Waals surface area (Å²) in [6.07, 6.45) is 7.02. The number of nitrogens with one attached hydrogen (secondary N) is 2. The van der Waals surface area contributed by atoms with Crippen LogP contribution in [0.25, 0.3) is 22.6 Å². The summed E-state index contributed by atoms with van der Waals surface area (Å²) in [7, 11) is 2.04. The maximum absolute atomic E-state index is 5.80. The number of pyridine rings is 1. The average molecular weight is 356 g/mol. The molecule has 26 heavy (non-hydrogen) atoms. The molecular weight excluding hydrogens is 332 g/mol. The van der Waals surface area contributed by atoms with Crippen molar-refractivity contribution in [3.8, 4) is 11.5 Å². The number of imidazole rings is 1. The van der Waals surface area contributed by atoms with Crippen molar-refractivity contribution in [3.05, 3.63) is 18.0 Å². The molecule has 0 aromatic carbocycles. The Morgan fingerprint density at radius 2 is 2.15 bits per heavy atom. The number of fused-ring (bicyclic) bond motifs is 1. The molecule has 0 bridgehead atoms. The number of nitrogens with two attached hydrogens (primary N) is 1. The summed E-state index contributed by atoms with van der Waals surface area (Å²) in [6.45, 7) is 4.34. The normalized spacial score (nSPS) is 17.8. The van der Waals surface area contributed by atoms with Gasteiger partial charge >= 0.3 is 0 Å². The lowest BCUT2D eigenvalue weighted by atomic mass is 9.98. The Balaban J connectivity index is 1.69. The van der Waals surface area contributed by atoms with E-state index >= 15 is 0 Å². The van der Waals surface area contributed by atoms with Gasteiger partial charge in [-0.2, -0.15) is 0 Å². The number of piperidine rings is 1. The minimum Gasteiger partial charge on any atom is -0.379 e. The van der Waals surface area contributed by atoms with E-state index in [0.717, 1.165) is 48.9 Å². The Morgan fingerprint density at radius 3 is 2.81 bits per heavy atom. The number of hydrogen-bond acceptors (Lipinski definition) is 8. The second-order valence-corrected chi connectivity index (χ2v) is 6.73. The maximum Gasteiger partial charge on any atom is 0.199 e. The van der Waals surface area contributed by atoms with Crippen molar-refractivity contribution in [1.29, 1.82) is 0 Å². The molecule has 0 spiro atoms. The molecule has 3 aromatic rings. The minimum absolute atomic E-state index is 0.222. The number of rotatable bonds is 5. The van der Waals surface area contributed by atoms with Crippen LogP contribution in [0.5, 0.6) is 0 Å². The van der Waals surface area contributed by atoms with E-state index in [4.69, 9.17) is 15.3 Å². The van der Waals surface area contributed by atoms with Gasteiger partial charge in [-0.3, -0.25) is 9.88 Å². The first-order chi connectivity index (χ1) is 12.7. The fourth-order valence-corrected chi connectivity index (χ4v) is 3.84. The lowest BCUT2D eigenvalue weighted by Crippen LogP contribution is -2.42. The molecule has 1 aliphatic heterocycles. The molecule has 4 N–H and O–H groups in total. The van der Waals surface area contributed by atoms with E-state index in [-0.39, 0.29) is 11.9 Å². The summed E-state index contributed by atoms with van der Waals surface area (Å²) in [6, 6.07) is 0.894. The van der Waals surface area contributed by atoms with Crippen molar-refractivity contribution < 1.29 is 4.63 Å². The van der Waals surface area contributed by atoms with Crippen LogP contribution in [0.2, 0.25) is 0 Å². The van der Waals surface area contributed by atoms with Crippen molar-refractivity contribution in [2.75, 3.05) is 25.9 Å². The van der Waals surface area contributed by atoms with Crippen LogP contribution < -0.4 is 11.1 Å². The van der Waals surface area contributed by atoms with Gasteiger partial charge in [0.2, 0.25) is 0 Å². The highest BCUT2D eigenvalue weighted by molar-refractivity contribution is 5.82. The van der Waals surface area contributed by atoms with Gasteiger partial charge in [-0.25, -0.2) is 9.61 Å². The number of aromatic amines is 1. The molecule has 1 atom stereocenters. The van der Waals surface area contributed by atoms with Crippen LogP contribution in [0.4, 0.5) is 5.82 Å². The summed E-state index contributed by atoms with van der Waals surface area (Å²) in [5, 5.41) is 10.9. The van der Waals surface area contributed by atoms with E-state index < -0.39 is 0 Å². The Labute approximate surface area is 151 Å². The molecule has 0 radical (unpaired) electrons. The van der Waals surface area contributed by atoms with Crippen LogP contribution in [-0.2, 0) is 0 Å². The highest BCUT2D eigenvalue weighted by Gasteiger charge is 2.27. The van der Waals surface area contributed by atoms with Gasteiger partial charge in [-0.05, 0) is 36.6 Å². The molecule has 0 saturated carbocycles. The standard InChI is InChI=1S/C17H24N8O/c1-3-13(25-6-4-10(19-2)5-7-25)11-8-20-9-12-14(11)22-17(21-12)15-16(18)24-26-23-15/h8-10,13,19H,3-7H2,1-2H3,(H2,18,24)(H,21,22). The number of aromatic nitrogens is 5. The van der Waals surface area contributed by atoms with E-state index in [1.807, 2.05) is 13.2 Å². The number of H-pyrrole nitrogens is 1.